The van der Waals surface area contributed by atoms with Gasteiger partial charge in [0.1, 0.15) is 5.78 Å². The number of rotatable bonds is 4. The monoisotopic (exact) mass is 266 g/mol. The van der Waals surface area contributed by atoms with Gasteiger partial charge in [-0.15, -0.1) is 0 Å². The maximum atomic E-state index is 12.0. The van der Waals surface area contributed by atoms with Crippen LogP contribution in [0.5, 0.6) is 0 Å². The average molecular weight is 266 g/mol. The second kappa shape index (κ2) is 5.20. The largest absolute Gasteiger partial charge is 0.373 e. The lowest BCUT2D eigenvalue weighted by atomic mass is 9.61. The fourth-order valence-corrected chi connectivity index (χ4v) is 4.49. The van der Waals surface area contributed by atoms with E-state index >= 15 is 0 Å². The van der Waals surface area contributed by atoms with Crippen molar-refractivity contribution >= 4 is 5.78 Å². The molecule has 0 saturated heterocycles. The van der Waals surface area contributed by atoms with E-state index in [-0.39, 0.29) is 11.5 Å². The molecule has 0 bridgehead atoms. The second-order valence-electron chi connectivity index (χ2n) is 7.65. The number of Topliss-reactive ketones (excluding diaryl/α,β-unsaturated/α-hetero) is 1. The lowest BCUT2D eigenvalue weighted by Crippen LogP contribution is -2.56. The van der Waals surface area contributed by atoms with Crippen LogP contribution in [-0.4, -0.2) is 18.0 Å². The van der Waals surface area contributed by atoms with E-state index < -0.39 is 0 Å². The molecule has 0 spiro atoms. The van der Waals surface area contributed by atoms with Crippen LogP contribution >= 0.6 is 0 Å². The summed E-state index contributed by atoms with van der Waals surface area (Å²) in [7, 11) is 0. The van der Waals surface area contributed by atoms with Gasteiger partial charge in [-0.2, -0.15) is 0 Å². The first-order chi connectivity index (χ1) is 8.83. The Morgan fingerprint density at radius 2 is 1.84 bits per heavy atom. The van der Waals surface area contributed by atoms with Gasteiger partial charge in [0, 0.05) is 6.42 Å². The highest BCUT2D eigenvalue weighted by Gasteiger charge is 2.54. The van der Waals surface area contributed by atoms with Gasteiger partial charge in [0.2, 0.25) is 0 Å². The maximum Gasteiger partial charge on any atom is 0.144 e. The quantitative estimate of drug-likeness (QED) is 0.755. The topological polar surface area (TPSA) is 26.3 Å². The Morgan fingerprint density at radius 1 is 1.21 bits per heavy atom. The Kier molecular flexibility index (Phi) is 4.11. The molecule has 2 nitrogen and oxygen atoms in total. The number of carbonyl (C=O) groups is 1. The lowest BCUT2D eigenvalue weighted by Gasteiger charge is -2.50. The van der Waals surface area contributed by atoms with Crippen molar-refractivity contribution in [3.05, 3.63) is 0 Å². The smallest absolute Gasteiger partial charge is 0.144 e. The number of ether oxygens (including phenoxy) is 1. The van der Waals surface area contributed by atoms with Gasteiger partial charge in [-0.25, -0.2) is 0 Å². The van der Waals surface area contributed by atoms with Crippen molar-refractivity contribution in [2.24, 2.45) is 16.7 Å². The molecule has 0 aromatic carbocycles. The summed E-state index contributed by atoms with van der Waals surface area (Å²) in [6, 6.07) is 0. The third-order valence-corrected chi connectivity index (χ3v) is 5.51. The number of hydrogen-bond donors (Lipinski definition) is 0. The molecule has 2 saturated carbocycles. The zero-order valence-electron chi connectivity index (χ0n) is 13.3. The highest BCUT2D eigenvalue weighted by atomic mass is 16.5. The second-order valence-corrected chi connectivity index (χ2v) is 7.65. The average Bonchev–Trinajstić information content (AvgIpc) is 2.27. The summed E-state index contributed by atoms with van der Waals surface area (Å²) in [4.78, 5) is 12.0. The summed E-state index contributed by atoms with van der Waals surface area (Å²) in [5.74, 6) is 1.16. The van der Waals surface area contributed by atoms with E-state index in [0.29, 0.717) is 23.7 Å². The first-order valence-electron chi connectivity index (χ1n) is 8.01. The fraction of sp³-hybridized carbons (Fsp3) is 0.941. The van der Waals surface area contributed by atoms with Crippen LogP contribution < -0.4 is 0 Å². The van der Waals surface area contributed by atoms with Crippen molar-refractivity contribution in [3.8, 4) is 0 Å². The van der Waals surface area contributed by atoms with Gasteiger partial charge >= 0.3 is 0 Å². The van der Waals surface area contributed by atoms with Gasteiger partial charge in [0.05, 0.1) is 17.6 Å². The maximum absolute atomic E-state index is 12.0. The molecule has 3 unspecified atom stereocenters. The van der Waals surface area contributed by atoms with Crippen molar-refractivity contribution in [2.45, 2.75) is 85.4 Å². The zero-order chi connectivity index (χ0) is 14.3. The van der Waals surface area contributed by atoms with E-state index in [9.17, 15) is 4.79 Å². The molecule has 110 valence electrons. The summed E-state index contributed by atoms with van der Waals surface area (Å²) >= 11 is 0. The van der Waals surface area contributed by atoms with Crippen LogP contribution in [0.15, 0.2) is 0 Å². The molecule has 0 heterocycles. The van der Waals surface area contributed by atoms with E-state index in [4.69, 9.17) is 4.74 Å². The predicted molar refractivity (Wildman–Crippen MR) is 78.1 cm³/mol. The minimum absolute atomic E-state index is 0.162. The standard InChI is InChI=1S/C17H30O2/c1-6-17(7-2)14(18)9-15(17)19-13-8-12(3)10-16(4,5)11-13/h12-13,15H,6-11H2,1-5H3. The number of ketones is 1. The molecule has 2 fully saturated rings. The molecule has 19 heavy (non-hydrogen) atoms. The molecule has 2 aliphatic rings. The predicted octanol–water partition coefficient (Wildman–Crippen LogP) is 4.37. The number of carbonyl (C=O) groups excluding carboxylic acids is 1. The molecule has 0 aromatic rings. The summed E-state index contributed by atoms with van der Waals surface area (Å²) in [6.07, 6.45) is 6.65. The van der Waals surface area contributed by atoms with Crippen molar-refractivity contribution in [1.82, 2.24) is 0 Å². The molecule has 0 aliphatic heterocycles. The zero-order valence-corrected chi connectivity index (χ0v) is 13.3. The highest BCUT2D eigenvalue weighted by Crippen LogP contribution is 2.48. The molecule has 2 aliphatic carbocycles. The Bertz CT molecular complexity index is 341. The van der Waals surface area contributed by atoms with E-state index in [1.165, 1.54) is 6.42 Å². The first kappa shape index (κ1) is 15.0. The van der Waals surface area contributed by atoms with Crippen LogP contribution in [0.2, 0.25) is 0 Å². The minimum atomic E-state index is -0.162. The Hall–Kier alpha value is -0.370. The summed E-state index contributed by atoms with van der Waals surface area (Å²) in [6.45, 7) is 11.3. The van der Waals surface area contributed by atoms with E-state index in [1.807, 2.05) is 0 Å². The van der Waals surface area contributed by atoms with Gasteiger partial charge in [0.15, 0.2) is 0 Å². The van der Waals surface area contributed by atoms with Crippen LogP contribution in [0, 0.1) is 16.7 Å². The van der Waals surface area contributed by atoms with Gasteiger partial charge < -0.3 is 4.74 Å². The van der Waals surface area contributed by atoms with Crippen molar-refractivity contribution in [2.75, 3.05) is 0 Å². The molecule has 0 aromatic heterocycles. The van der Waals surface area contributed by atoms with Crippen LogP contribution in [-0.2, 0) is 9.53 Å². The Balaban J connectivity index is 2.00. The van der Waals surface area contributed by atoms with Gasteiger partial charge in [-0.05, 0) is 43.4 Å². The number of hydrogen-bond acceptors (Lipinski definition) is 2. The van der Waals surface area contributed by atoms with Crippen LogP contribution in [0.1, 0.15) is 73.1 Å². The van der Waals surface area contributed by atoms with Crippen LogP contribution in [0.4, 0.5) is 0 Å². The molecule has 2 rings (SSSR count). The van der Waals surface area contributed by atoms with Gasteiger partial charge in [-0.3, -0.25) is 4.79 Å². The fourth-order valence-electron chi connectivity index (χ4n) is 4.49. The third kappa shape index (κ3) is 2.74. The van der Waals surface area contributed by atoms with Crippen LogP contribution in [0.3, 0.4) is 0 Å². The lowest BCUT2D eigenvalue weighted by molar-refractivity contribution is -0.180. The van der Waals surface area contributed by atoms with Crippen molar-refractivity contribution in [1.29, 1.82) is 0 Å². The SMILES string of the molecule is CCC1(CC)C(=O)CC1OC1CC(C)CC(C)(C)C1. The van der Waals surface area contributed by atoms with E-state index in [0.717, 1.165) is 31.6 Å². The van der Waals surface area contributed by atoms with E-state index in [2.05, 4.69) is 34.6 Å². The molecule has 3 atom stereocenters. The summed E-state index contributed by atoms with van der Waals surface area (Å²) in [5, 5.41) is 0. The Morgan fingerprint density at radius 3 is 2.32 bits per heavy atom. The van der Waals surface area contributed by atoms with Crippen molar-refractivity contribution < 1.29 is 9.53 Å². The first-order valence-corrected chi connectivity index (χ1v) is 8.01. The molecular weight excluding hydrogens is 236 g/mol. The molecular formula is C17H30O2. The van der Waals surface area contributed by atoms with E-state index in [1.54, 1.807) is 0 Å². The van der Waals surface area contributed by atoms with Crippen molar-refractivity contribution in [3.63, 3.8) is 0 Å². The third-order valence-electron chi connectivity index (χ3n) is 5.51. The summed E-state index contributed by atoms with van der Waals surface area (Å²) < 4.78 is 6.38. The molecule has 0 radical (unpaired) electrons. The highest BCUT2D eigenvalue weighted by molar-refractivity contribution is 5.92. The summed E-state index contributed by atoms with van der Waals surface area (Å²) in [5.41, 5.74) is 0.224. The Labute approximate surface area is 118 Å². The molecule has 0 N–H and O–H groups in total. The molecule has 0 amide bonds. The normalized spacial score (nSPS) is 36.9. The molecule has 2 heteroatoms. The van der Waals surface area contributed by atoms with Crippen LogP contribution in [0.25, 0.3) is 0 Å². The minimum Gasteiger partial charge on any atom is -0.373 e. The van der Waals surface area contributed by atoms with Gasteiger partial charge in [-0.1, -0.05) is 34.6 Å². The van der Waals surface area contributed by atoms with Gasteiger partial charge in [0.25, 0.3) is 0 Å².